The van der Waals surface area contributed by atoms with E-state index in [4.69, 9.17) is 0 Å². The molecule has 0 heterocycles. The van der Waals surface area contributed by atoms with Crippen LogP contribution in [0.5, 0.6) is 0 Å². The van der Waals surface area contributed by atoms with Crippen LogP contribution in [0.2, 0.25) is 0 Å². The van der Waals surface area contributed by atoms with Crippen LogP contribution >= 0.6 is 68.3 Å². The Morgan fingerprint density at radius 1 is 1.33 bits per heavy atom. The summed E-state index contributed by atoms with van der Waals surface area (Å²) in [5.41, 5.74) is 1.75. The molecule has 1 rings (SSSR count). The Hall–Kier alpha value is 1.14. The van der Waals surface area contributed by atoms with E-state index < -0.39 is 0 Å². The van der Waals surface area contributed by atoms with Gasteiger partial charge in [0, 0.05) is 3.57 Å². The lowest BCUT2D eigenvalue weighted by Crippen LogP contribution is -1.98. The number of hydrogen-bond acceptors (Lipinski definition) is 1. The van der Waals surface area contributed by atoms with E-state index in [9.17, 15) is 4.39 Å². The molecule has 1 aromatic rings. The summed E-state index contributed by atoms with van der Waals surface area (Å²) in [6.07, 6.45) is 0. The van der Waals surface area contributed by atoms with Gasteiger partial charge in [0.2, 0.25) is 0 Å². The Morgan fingerprint density at radius 2 is 1.92 bits per heavy atom. The average Bonchev–Trinajstić information content (AvgIpc) is 1.97. The second-order valence-electron chi connectivity index (χ2n) is 2.26. The van der Waals surface area contributed by atoms with Crippen molar-refractivity contribution in [3.05, 3.63) is 27.1 Å². The minimum atomic E-state index is -0.172. The summed E-state index contributed by atoms with van der Waals surface area (Å²) in [6, 6.07) is 3.29. The summed E-state index contributed by atoms with van der Waals surface area (Å²) >= 11 is 6.26. The van der Waals surface area contributed by atoms with Crippen molar-refractivity contribution in [2.24, 2.45) is 0 Å². The Kier molecular flexibility index (Phi) is 4.28. The summed E-state index contributed by atoms with van der Waals surface area (Å²) in [5, 5.41) is 0. The number of halogens is 4. The average molecular weight is 503 g/mol. The smallest absolute Gasteiger partial charge is 0.149 e. The Labute approximate surface area is 112 Å². The van der Waals surface area contributed by atoms with Crippen LogP contribution in [0, 0.1) is 16.3 Å². The van der Waals surface area contributed by atoms with Gasteiger partial charge in [-0.1, -0.05) is 6.07 Å². The summed E-state index contributed by atoms with van der Waals surface area (Å²) in [5.74, 6) is -0.172. The van der Waals surface area contributed by atoms with Crippen molar-refractivity contribution in [1.82, 2.24) is 0 Å². The van der Waals surface area contributed by atoms with E-state index in [0.29, 0.717) is 5.69 Å². The Balaban J connectivity index is 3.33. The SMILES string of the molecule is Cc1ccc(F)c(N(I)I)c1I. The molecule has 0 aromatic heterocycles. The van der Waals surface area contributed by atoms with Gasteiger partial charge in [0.05, 0.1) is 45.7 Å². The molecule has 0 aliphatic rings. The van der Waals surface area contributed by atoms with Crippen molar-refractivity contribution in [3.8, 4) is 0 Å². The van der Waals surface area contributed by atoms with Crippen LogP contribution in [0.15, 0.2) is 12.1 Å². The summed E-state index contributed by atoms with van der Waals surface area (Å²) < 4.78 is 15.9. The first-order valence-electron chi connectivity index (χ1n) is 3.10. The fraction of sp³-hybridized carbons (Fsp3) is 0.143. The summed E-state index contributed by atoms with van der Waals surface area (Å²) in [4.78, 5) is 0. The maximum absolute atomic E-state index is 13.2. The van der Waals surface area contributed by atoms with Gasteiger partial charge < -0.3 is 0 Å². The van der Waals surface area contributed by atoms with Crippen LogP contribution in [0.1, 0.15) is 5.56 Å². The van der Waals surface area contributed by atoms with Gasteiger partial charge in [0.25, 0.3) is 0 Å². The number of aryl methyl sites for hydroxylation is 1. The highest BCUT2D eigenvalue weighted by Gasteiger charge is 2.12. The van der Waals surface area contributed by atoms with E-state index >= 15 is 0 Å². The molecule has 0 saturated heterocycles. The lowest BCUT2D eigenvalue weighted by molar-refractivity contribution is 0.630. The third-order valence-electron chi connectivity index (χ3n) is 1.43. The lowest BCUT2D eigenvalue weighted by atomic mass is 10.2. The second-order valence-corrected chi connectivity index (χ2v) is 7.11. The molecule has 12 heavy (non-hydrogen) atoms. The van der Waals surface area contributed by atoms with Gasteiger partial charge in [-0.3, -0.25) is 1.33 Å². The molecular weight excluding hydrogens is 498 g/mol. The monoisotopic (exact) mass is 503 g/mol. The van der Waals surface area contributed by atoms with Gasteiger partial charge in [-0.15, -0.1) is 0 Å². The van der Waals surface area contributed by atoms with Gasteiger partial charge in [0.1, 0.15) is 11.5 Å². The maximum Gasteiger partial charge on any atom is 0.149 e. The first kappa shape index (κ1) is 11.2. The van der Waals surface area contributed by atoms with Gasteiger partial charge in [-0.2, -0.15) is 0 Å². The molecule has 0 radical (unpaired) electrons. The first-order chi connectivity index (χ1) is 5.54. The number of anilines is 1. The predicted octanol–water partition coefficient (Wildman–Crippen LogP) is 4.25. The highest BCUT2D eigenvalue weighted by atomic mass is 127. The quantitative estimate of drug-likeness (QED) is 0.410. The van der Waals surface area contributed by atoms with Gasteiger partial charge in [-0.05, 0) is 41.1 Å². The molecule has 0 N–H and O–H groups in total. The third kappa shape index (κ3) is 2.34. The molecule has 0 aliphatic carbocycles. The zero-order valence-electron chi connectivity index (χ0n) is 6.11. The lowest BCUT2D eigenvalue weighted by Gasteiger charge is -2.12. The van der Waals surface area contributed by atoms with E-state index in [1.165, 1.54) is 6.07 Å². The summed E-state index contributed by atoms with van der Waals surface area (Å²) in [6.45, 7) is 1.97. The normalized spacial score (nSPS) is 10.1. The number of nitrogens with zero attached hydrogens (tertiary/aromatic N) is 1. The van der Waals surface area contributed by atoms with E-state index in [2.05, 4.69) is 68.3 Å². The first-order valence-corrected chi connectivity index (χ1v) is 6.11. The molecule has 0 atom stereocenters. The van der Waals surface area contributed by atoms with Crippen molar-refractivity contribution < 1.29 is 4.39 Å². The molecule has 0 amide bonds. The van der Waals surface area contributed by atoms with Crippen LogP contribution in [0.3, 0.4) is 0 Å². The molecule has 1 aromatic carbocycles. The van der Waals surface area contributed by atoms with E-state index in [-0.39, 0.29) is 5.82 Å². The van der Waals surface area contributed by atoms with Crippen LogP contribution < -0.4 is 1.33 Å². The van der Waals surface area contributed by atoms with Crippen molar-refractivity contribution in [2.45, 2.75) is 6.92 Å². The van der Waals surface area contributed by atoms with Gasteiger partial charge in [0.15, 0.2) is 0 Å². The molecule has 0 aliphatic heterocycles. The van der Waals surface area contributed by atoms with Crippen molar-refractivity contribution in [1.29, 1.82) is 0 Å². The maximum atomic E-state index is 13.2. The molecule has 0 saturated carbocycles. The molecule has 0 fully saturated rings. The van der Waals surface area contributed by atoms with Crippen LogP contribution in [-0.4, -0.2) is 0 Å². The zero-order chi connectivity index (χ0) is 9.30. The van der Waals surface area contributed by atoms with E-state index in [1.54, 1.807) is 7.39 Å². The van der Waals surface area contributed by atoms with Gasteiger partial charge >= 0.3 is 0 Å². The number of rotatable bonds is 1. The van der Waals surface area contributed by atoms with Crippen molar-refractivity contribution in [2.75, 3.05) is 1.33 Å². The Bertz CT molecular complexity index is 301. The highest BCUT2D eigenvalue weighted by molar-refractivity contribution is 14.2. The summed E-state index contributed by atoms with van der Waals surface area (Å²) in [7, 11) is 0. The van der Waals surface area contributed by atoms with Crippen LogP contribution in [0.4, 0.5) is 10.1 Å². The van der Waals surface area contributed by atoms with Crippen molar-refractivity contribution in [3.63, 3.8) is 0 Å². The predicted molar refractivity (Wildman–Crippen MR) is 74.4 cm³/mol. The molecule has 5 heteroatoms. The largest absolute Gasteiger partial charge is 0.251 e. The van der Waals surface area contributed by atoms with E-state index in [0.717, 1.165) is 9.13 Å². The topological polar surface area (TPSA) is 3.24 Å². The number of benzene rings is 1. The van der Waals surface area contributed by atoms with Gasteiger partial charge in [-0.25, -0.2) is 4.39 Å². The molecule has 66 valence electrons. The molecule has 0 unspecified atom stereocenters. The van der Waals surface area contributed by atoms with E-state index in [1.807, 2.05) is 6.92 Å². The minimum absolute atomic E-state index is 0.172. The second kappa shape index (κ2) is 4.58. The Morgan fingerprint density at radius 3 is 2.33 bits per heavy atom. The van der Waals surface area contributed by atoms with Crippen LogP contribution in [0.25, 0.3) is 0 Å². The third-order valence-corrected chi connectivity index (χ3v) is 3.76. The van der Waals surface area contributed by atoms with Crippen LogP contribution in [-0.2, 0) is 0 Å². The highest BCUT2D eigenvalue weighted by Crippen LogP contribution is 2.33. The number of hydrogen-bond donors (Lipinski definition) is 0. The standard InChI is InChI=1S/C7H5FI3N/c1-4-2-3-5(8)7(6(4)9)12(10)11/h2-3H,1H3. The minimum Gasteiger partial charge on any atom is -0.251 e. The fourth-order valence-electron chi connectivity index (χ4n) is 0.797. The molecular formula is C7H5FI3N. The molecule has 1 nitrogen and oxygen atoms in total. The molecule has 0 bridgehead atoms. The fourth-order valence-corrected chi connectivity index (χ4v) is 3.34. The zero-order valence-corrected chi connectivity index (χ0v) is 12.6. The molecule has 0 spiro atoms. The van der Waals surface area contributed by atoms with Crippen molar-refractivity contribution >= 4 is 74.0 Å².